The molecular weight excluding hydrogens is 292 g/mol. The number of carbonyl (C=O) groups excluding carboxylic acids is 2. The van der Waals surface area contributed by atoms with Gasteiger partial charge < -0.3 is 15.0 Å². The second kappa shape index (κ2) is 5.99. The molecule has 4 rings (SSSR count). The number of nitrogens with zero attached hydrogens (tertiary/aromatic N) is 1. The number of carbonyl (C=O) groups is 2. The number of amides is 2. The summed E-state index contributed by atoms with van der Waals surface area (Å²) in [5, 5.41) is 2.71. The quantitative estimate of drug-likeness (QED) is 0.850. The topological polar surface area (TPSA) is 58.6 Å². The molecule has 0 aromatic heterocycles. The summed E-state index contributed by atoms with van der Waals surface area (Å²) in [5.74, 6) is 2.09. The van der Waals surface area contributed by atoms with Crippen LogP contribution in [0.1, 0.15) is 51.4 Å². The van der Waals surface area contributed by atoms with Gasteiger partial charge in [0.1, 0.15) is 0 Å². The van der Waals surface area contributed by atoms with E-state index in [2.05, 4.69) is 5.32 Å². The predicted molar refractivity (Wildman–Crippen MR) is 85.8 cm³/mol. The van der Waals surface area contributed by atoms with Gasteiger partial charge in [0.15, 0.2) is 0 Å². The van der Waals surface area contributed by atoms with Gasteiger partial charge in [0.05, 0.1) is 12.5 Å². The van der Waals surface area contributed by atoms with Crippen LogP contribution < -0.4 is 5.32 Å². The van der Waals surface area contributed by atoms with Crippen LogP contribution in [0, 0.1) is 23.2 Å². The molecule has 128 valence electrons. The lowest BCUT2D eigenvalue weighted by Gasteiger charge is -2.50. The number of rotatable bonds is 2. The van der Waals surface area contributed by atoms with Crippen molar-refractivity contribution in [2.45, 2.75) is 51.4 Å². The Labute approximate surface area is 138 Å². The summed E-state index contributed by atoms with van der Waals surface area (Å²) in [5.41, 5.74) is 0.434. The third-order valence-corrected chi connectivity index (χ3v) is 6.69. The van der Waals surface area contributed by atoms with E-state index >= 15 is 0 Å². The Morgan fingerprint density at radius 2 is 1.96 bits per heavy atom. The number of ether oxygens (including phenoxy) is 1. The van der Waals surface area contributed by atoms with Crippen molar-refractivity contribution in [2.75, 3.05) is 26.2 Å². The first-order chi connectivity index (χ1) is 11.2. The number of alkyl carbamates (subject to hydrolysis) is 1. The molecule has 0 aromatic rings. The Balaban J connectivity index is 1.29. The lowest BCUT2D eigenvalue weighted by molar-refractivity contribution is -0.148. The minimum Gasteiger partial charge on any atom is -0.450 e. The number of nitrogens with one attached hydrogen (secondary N) is 1. The molecule has 0 radical (unpaired) electrons. The zero-order valence-corrected chi connectivity index (χ0v) is 13.9. The van der Waals surface area contributed by atoms with Crippen LogP contribution in [0.4, 0.5) is 4.79 Å². The van der Waals surface area contributed by atoms with Crippen molar-refractivity contribution in [1.82, 2.24) is 10.2 Å². The molecule has 1 unspecified atom stereocenters. The molecule has 0 aromatic carbocycles. The molecule has 23 heavy (non-hydrogen) atoms. The molecular formula is C18H28N2O3. The van der Waals surface area contributed by atoms with Crippen LogP contribution >= 0.6 is 0 Å². The Hall–Kier alpha value is -1.26. The highest BCUT2D eigenvalue weighted by Crippen LogP contribution is 2.53. The van der Waals surface area contributed by atoms with Gasteiger partial charge in [0.2, 0.25) is 5.91 Å². The van der Waals surface area contributed by atoms with Crippen LogP contribution in [0.15, 0.2) is 0 Å². The Morgan fingerprint density at radius 3 is 2.70 bits per heavy atom. The number of hydrogen-bond donors (Lipinski definition) is 1. The highest BCUT2D eigenvalue weighted by molar-refractivity contribution is 5.81. The van der Waals surface area contributed by atoms with Crippen molar-refractivity contribution < 1.29 is 14.3 Å². The van der Waals surface area contributed by atoms with Crippen LogP contribution in [-0.4, -0.2) is 43.1 Å². The fourth-order valence-electron chi connectivity index (χ4n) is 5.10. The average molecular weight is 320 g/mol. The molecule has 2 amide bonds. The second-order valence-corrected chi connectivity index (χ2v) is 8.24. The van der Waals surface area contributed by atoms with Crippen LogP contribution in [0.25, 0.3) is 0 Å². The van der Waals surface area contributed by atoms with Crippen molar-refractivity contribution >= 4 is 12.0 Å². The van der Waals surface area contributed by atoms with E-state index in [0.29, 0.717) is 18.6 Å². The summed E-state index contributed by atoms with van der Waals surface area (Å²) in [6.45, 7) is 2.75. The lowest BCUT2D eigenvalue weighted by Crippen LogP contribution is -2.59. The number of likely N-dealkylation sites (tertiary alicyclic amines) is 1. The first kappa shape index (κ1) is 15.3. The second-order valence-electron chi connectivity index (χ2n) is 8.24. The molecule has 0 bridgehead atoms. The van der Waals surface area contributed by atoms with Gasteiger partial charge >= 0.3 is 6.09 Å². The molecule has 2 saturated heterocycles. The molecule has 2 aliphatic heterocycles. The first-order valence-electron chi connectivity index (χ1n) is 9.35. The SMILES string of the molecule is O=C1NC[C@H](C(=O)N2CC3(CCC(C4CCC4)C3)C2)CCCO1. The van der Waals surface area contributed by atoms with E-state index in [0.717, 1.165) is 37.8 Å². The van der Waals surface area contributed by atoms with Gasteiger partial charge in [0, 0.05) is 25.0 Å². The van der Waals surface area contributed by atoms with E-state index in [1.54, 1.807) is 0 Å². The van der Waals surface area contributed by atoms with Crippen molar-refractivity contribution in [3.05, 3.63) is 0 Å². The molecule has 2 heterocycles. The normalized spacial score (nSPS) is 33.9. The monoisotopic (exact) mass is 320 g/mol. The molecule has 5 nitrogen and oxygen atoms in total. The predicted octanol–water partition coefficient (Wildman–Crippen LogP) is 2.55. The van der Waals surface area contributed by atoms with Gasteiger partial charge in [0.25, 0.3) is 0 Å². The Morgan fingerprint density at radius 1 is 1.13 bits per heavy atom. The maximum Gasteiger partial charge on any atom is 0.407 e. The maximum absolute atomic E-state index is 12.7. The van der Waals surface area contributed by atoms with Gasteiger partial charge in [-0.1, -0.05) is 19.3 Å². The van der Waals surface area contributed by atoms with Crippen LogP contribution in [-0.2, 0) is 9.53 Å². The molecule has 4 aliphatic rings. The van der Waals surface area contributed by atoms with Gasteiger partial charge in [-0.2, -0.15) is 0 Å². The first-order valence-corrected chi connectivity index (χ1v) is 9.35. The van der Waals surface area contributed by atoms with Crippen LogP contribution in [0.3, 0.4) is 0 Å². The van der Waals surface area contributed by atoms with Gasteiger partial charge in [-0.15, -0.1) is 0 Å². The summed E-state index contributed by atoms with van der Waals surface area (Å²) in [7, 11) is 0. The fourth-order valence-corrected chi connectivity index (χ4v) is 5.10. The molecule has 5 heteroatoms. The standard InChI is InChI=1S/C18H28N2O3/c21-16(15-5-2-8-23-17(22)19-10-15)20-11-18(12-20)7-6-14(9-18)13-3-1-4-13/h13-15H,1-12H2,(H,19,22)/t14?,15-/m1/s1. The smallest absolute Gasteiger partial charge is 0.407 e. The Bertz CT molecular complexity index is 483. The minimum atomic E-state index is -0.387. The maximum atomic E-state index is 12.7. The van der Waals surface area contributed by atoms with Crippen molar-refractivity contribution in [2.24, 2.45) is 23.2 Å². The van der Waals surface area contributed by atoms with E-state index in [-0.39, 0.29) is 17.9 Å². The highest BCUT2D eigenvalue weighted by atomic mass is 16.5. The lowest BCUT2D eigenvalue weighted by atomic mass is 9.71. The molecule has 1 spiro atoms. The van der Waals surface area contributed by atoms with Crippen LogP contribution in [0.5, 0.6) is 0 Å². The largest absolute Gasteiger partial charge is 0.450 e. The third kappa shape index (κ3) is 2.94. The van der Waals surface area contributed by atoms with Crippen molar-refractivity contribution in [3.8, 4) is 0 Å². The Kier molecular flexibility index (Phi) is 3.98. The van der Waals surface area contributed by atoms with E-state index in [4.69, 9.17) is 4.74 Å². The van der Waals surface area contributed by atoms with E-state index in [1.165, 1.54) is 38.5 Å². The van der Waals surface area contributed by atoms with Gasteiger partial charge in [-0.3, -0.25) is 4.79 Å². The summed E-state index contributed by atoms with van der Waals surface area (Å²) in [6, 6.07) is 0. The van der Waals surface area contributed by atoms with E-state index in [1.807, 2.05) is 4.90 Å². The number of cyclic esters (lactones) is 1. The number of hydrogen-bond acceptors (Lipinski definition) is 3. The molecule has 2 atom stereocenters. The fraction of sp³-hybridized carbons (Fsp3) is 0.889. The zero-order valence-electron chi connectivity index (χ0n) is 13.9. The average Bonchev–Trinajstić information content (AvgIpc) is 2.84. The highest BCUT2D eigenvalue weighted by Gasteiger charge is 2.51. The minimum absolute atomic E-state index is 0.0657. The van der Waals surface area contributed by atoms with Crippen molar-refractivity contribution in [1.29, 1.82) is 0 Å². The van der Waals surface area contributed by atoms with E-state index in [9.17, 15) is 9.59 Å². The van der Waals surface area contributed by atoms with Crippen LogP contribution in [0.2, 0.25) is 0 Å². The zero-order chi connectivity index (χ0) is 15.9. The molecule has 4 fully saturated rings. The molecule has 2 saturated carbocycles. The van der Waals surface area contributed by atoms with Crippen molar-refractivity contribution in [3.63, 3.8) is 0 Å². The van der Waals surface area contributed by atoms with Gasteiger partial charge in [-0.05, 0) is 43.9 Å². The summed E-state index contributed by atoms with van der Waals surface area (Å²) >= 11 is 0. The summed E-state index contributed by atoms with van der Waals surface area (Å²) < 4.78 is 4.96. The summed E-state index contributed by atoms with van der Waals surface area (Å²) in [6.07, 6.45) is 9.55. The summed E-state index contributed by atoms with van der Waals surface area (Å²) in [4.78, 5) is 26.1. The van der Waals surface area contributed by atoms with E-state index < -0.39 is 0 Å². The molecule has 1 N–H and O–H groups in total. The van der Waals surface area contributed by atoms with Gasteiger partial charge in [-0.25, -0.2) is 4.79 Å². The third-order valence-electron chi connectivity index (χ3n) is 6.69. The molecule has 2 aliphatic carbocycles.